The first kappa shape index (κ1) is 31.8. The van der Waals surface area contributed by atoms with E-state index in [0.29, 0.717) is 72.8 Å². The summed E-state index contributed by atoms with van der Waals surface area (Å²) in [7, 11) is 5.51. The predicted octanol–water partition coefficient (Wildman–Crippen LogP) is 3.90. The van der Waals surface area contributed by atoms with Crippen LogP contribution in [0.5, 0.6) is 0 Å². The first-order valence-corrected chi connectivity index (χ1v) is 16.3. The van der Waals surface area contributed by atoms with Gasteiger partial charge < -0.3 is 28.8 Å². The van der Waals surface area contributed by atoms with E-state index in [1.165, 1.54) is 34.9 Å². The number of esters is 1. The van der Waals surface area contributed by atoms with Crippen LogP contribution in [0.4, 0.5) is 21.6 Å². The molecule has 48 heavy (non-hydrogen) atoms. The molecule has 0 unspecified atom stereocenters. The van der Waals surface area contributed by atoms with E-state index in [1.807, 2.05) is 26.2 Å². The Labute approximate surface area is 277 Å². The van der Waals surface area contributed by atoms with Crippen LogP contribution in [-0.2, 0) is 60.9 Å². The molecule has 1 N–H and O–H groups in total. The molecule has 5 heterocycles. The standard InChI is InChI=1S/C35H40FN7O5/c1-21(44)48-20-28-27(13-24(36)14-31(28)43-10-9-42-30-8-6-5-7-22(30)12-32(42)35(43)46)23-11-29(34(45)40(3)16-23)37-33-15-25(41(4)38-33)17-39(2)26-18-47-19-26/h11-16,26H,5-10,17-20H2,1-4H3,(H,37,38). The summed E-state index contributed by atoms with van der Waals surface area (Å²) >= 11 is 0. The van der Waals surface area contributed by atoms with Gasteiger partial charge in [-0.1, -0.05) is 0 Å². The summed E-state index contributed by atoms with van der Waals surface area (Å²) in [6, 6.07) is 8.53. The second-order valence-corrected chi connectivity index (χ2v) is 13.0. The minimum Gasteiger partial charge on any atom is -0.461 e. The largest absolute Gasteiger partial charge is 0.461 e. The molecule has 0 atom stereocenters. The molecule has 1 saturated heterocycles. The Balaban J connectivity index is 1.25. The van der Waals surface area contributed by atoms with Crippen LogP contribution in [0.2, 0.25) is 0 Å². The topological polar surface area (TPSA) is 116 Å². The number of amides is 1. The van der Waals surface area contributed by atoms with Gasteiger partial charge in [-0.15, -0.1) is 0 Å². The lowest BCUT2D eigenvalue weighted by molar-refractivity contribution is -0.142. The van der Waals surface area contributed by atoms with Crippen LogP contribution < -0.4 is 15.8 Å². The van der Waals surface area contributed by atoms with E-state index < -0.39 is 11.8 Å². The summed E-state index contributed by atoms with van der Waals surface area (Å²) in [5.74, 6) is -0.796. The average molecular weight is 658 g/mol. The molecule has 252 valence electrons. The highest BCUT2D eigenvalue weighted by Crippen LogP contribution is 2.37. The lowest BCUT2D eigenvalue weighted by atomic mass is 9.97. The predicted molar refractivity (Wildman–Crippen MR) is 178 cm³/mol. The van der Waals surface area contributed by atoms with E-state index in [2.05, 4.69) is 19.9 Å². The number of aromatic nitrogens is 4. The van der Waals surface area contributed by atoms with E-state index in [0.717, 1.165) is 31.4 Å². The minimum atomic E-state index is -0.557. The number of pyridine rings is 1. The Bertz CT molecular complexity index is 1970. The molecule has 12 nitrogen and oxygen atoms in total. The Hall–Kier alpha value is -4.75. The fourth-order valence-corrected chi connectivity index (χ4v) is 6.98. The number of likely N-dealkylation sites (N-methyl/N-ethyl adjacent to an activating group) is 1. The zero-order valence-electron chi connectivity index (χ0n) is 27.7. The molecule has 0 spiro atoms. The molecule has 7 rings (SSSR count). The summed E-state index contributed by atoms with van der Waals surface area (Å²) in [4.78, 5) is 43.1. The number of nitrogens with one attached hydrogen (secondary N) is 1. The van der Waals surface area contributed by atoms with Crippen LogP contribution in [0.3, 0.4) is 0 Å². The summed E-state index contributed by atoms with van der Waals surface area (Å²) in [5, 5.41) is 7.74. The number of rotatable bonds is 9. The number of hydrogen-bond donors (Lipinski definition) is 1. The van der Waals surface area contributed by atoms with Gasteiger partial charge in [0.25, 0.3) is 11.5 Å². The maximum Gasteiger partial charge on any atom is 0.302 e. The quantitative estimate of drug-likeness (QED) is 0.270. The number of nitrogens with zero attached hydrogens (tertiary/aromatic N) is 6. The Kier molecular flexibility index (Phi) is 8.42. The number of aryl methyl sites for hydroxylation is 3. The molecule has 4 aromatic rings. The summed E-state index contributed by atoms with van der Waals surface area (Å²) in [6.45, 7) is 4.10. The zero-order valence-corrected chi connectivity index (χ0v) is 27.7. The molecular formula is C35H40FN7O5. The molecule has 0 saturated carbocycles. The molecule has 13 heteroatoms. The van der Waals surface area contributed by atoms with Crippen molar-refractivity contribution in [3.8, 4) is 11.1 Å². The third-order valence-electron chi connectivity index (χ3n) is 9.71. The van der Waals surface area contributed by atoms with Gasteiger partial charge in [0.1, 0.15) is 23.8 Å². The molecule has 3 aromatic heterocycles. The highest BCUT2D eigenvalue weighted by Gasteiger charge is 2.32. The molecular weight excluding hydrogens is 617 g/mol. The monoisotopic (exact) mass is 657 g/mol. The lowest BCUT2D eigenvalue weighted by Gasteiger charge is -2.34. The smallest absolute Gasteiger partial charge is 0.302 e. The van der Waals surface area contributed by atoms with Crippen molar-refractivity contribution in [2.45, 2.75) is 58.3 Å². The molecule has 2 aliphatic heterocycles. The van der Waals surface area contributed by atoms with Crippen molar-refractivity contribution in [2.24, 2.45) is 14.1 Å². The molecule has 1 aliphatic carbocycles. The normalized spacial score (nSPS) is 16.1. The van der Waals surface area contributed by atoms with E-state index in [-0.39, 0.29) is 23.8 Å². The van der Waals surface area contributed by atoms with Crippen LogP contribution in [0.25, 0.3) is 11.1 Å². The maximum atomic E-state index is 15.6. The third kappa shape index (κ3) is 5.92. The van der Waals surface area contributed by atoms with Gasteiger partial charge in [0.15, 0.2) is 5.82 Å². The Morgan fingerprint density at radius 1 is 1.10 bits per heavy atom. The van der Waals surface area contributed by atoms with Gasteiger partial charge in [0, 0.05) is 69.7 Å². The molecule has 0 radical (unpaired) electrons. The first-order valence-electron chi connectivity index (χ1n) is 16.3. The first-order chi connectivity index (χ1) is 23.1. The maximum absolute atomic E-state index is 15.6. The second-order valence-electron chi connectivity index (χ2n) is 13.0. The minimum absolute atomic E-state index is 0.184. The van der Waals surface area contributed by atoms with E-state index in [1.54, 1.807) is 28.9 Å². The average Bonchev–Trinajstić information content (AvgIpc) is 3.57. The van der Waals surface area contributed by atoms with Crippen LogP contribution in [0, 0.1) is 5.82 Å². The van der Waals surface area contributed by atoms with Gasteiger partial charge >= 0.3 is 5.97 Å². The Morgan fingerprint density at radius 3 is 2.65 bits per heavy atom. The molecule has 1 amide bonds. The van der Waals surface area contributed by atoms with Gasteiger partial charge in [-0.25, -0.2) is 4.39 Å². The second kappa shape index (κ2) is 12.7. The summed E-state index contributed by atoms with van der Waals surface area (Å²) in [6.07, 6.45) is 5.69. The number of hydrogen-bond acceptors (Lipinski definition) is 8. The van der Waals surface area contributed by atoms with Crippen LogP contribution in [0.15, 0.2) is 41.3 Å². The highest BCUT2D eigenvalue weighted by atomic mass is 19.1. The van der Waals surface area contributed by atoms with Gasteiger partial charge in [-0.3, -0.25) is 24.0 Å². The molecule has 0 bridgehead atoms. The van der Waals surface area contributed by atoms with E-state index in [9.17, 15) is 14.4 Å². The van der Waals surface area contributed by atoms with Crippen LogP contribution in [0.1, 0.15) is 52.8 Å². The van der Waals surface area contributed by atoms with Gasteiger partial charge in [-0.05, 0) is 68.1 Å². The van der Waals surface area contributed by atoms with E-state index in [4.69, 9.17) is 9.47 Å². The van der Waals surface area contributed by atoms with Crippen LogP contribution >= 0.6 is 0 Å². The van der Waals surface area contributed by atoms with Crippen molar-refractivity contribution in [3.05, 3.63) is 80.9 Å². The third-order valence-corrected chi connectivity index (χ3v) is 9.71. The highest BCUT2D eigenvalue weighted by molar-refractivity contribution is 6.07. The summed E-state index contributed by atoms with van der Waals surface area (Å²) in [5.41, 5.74) is 5.62. The number of ether oxygens (including phenoxy) is 2. The fraction of sp³-hybridized carbons (Fsp3) is 0.429. The van der Waals surface area contributed by atoms with Gasteiger partial charge in [0.2, 0.25) is 0 Å². The number of fused-ring (bicyclic) bond motifs is 3. The van der Waals surface area contributed by atoms with Crippen molar-refractivity contribution < 1.29 is 23.5 Å². The molecule has 3 aliphatic rings. The number of anilines is 3. The van der Waals surface area contributed by atoms with Crippen molar-refractivity contribution >= 4 is 29.1 Å². The number of carbonyl (C=O) groups excluding carboxylic acids is 2. The van der Waals surface area contributed by atoms with Gasteiger partial charge in [0.05, 0.1) is 30.6 Å². The Morgan fingerprint density at radius 2 is 1.90 bits per heavy atom. The fourth-order valence-electron chi connectivity index (χ4n) is 6.98. The van der Waals surface area contributed by atoms with Crippen molar-refractivity contribution in [3.63, 3.8) is 0 Å². The van der Waals surface area contributed by atoms with Crippen LogP contribution in [-0.4, -0.2) is 68.5 Å². The zero-order chi connectivity index (χ0) is 33.7. The number of halogens is 1. The van der Waals surface area contributed by atoms with Gasteiger partial charge in [-0.2, -0.15) is 5.10 Å². The van der Waals surface area contributed by atoms with Crippen molar-refractivity contribution in [2.75, 3.05) is 37.0 Å². The SMILES string of the molecule is CC(=O)OCc1c(-c2cc(Nc3cc(CN(C)C4COC4)n(C)n3)c(=O)n(C)c2)cc(F)cc1N1CCn2c(cc3c2CCCC3)C1=O. The molecule has 1 fully saturated rings. The van der Waals surface area contributed by atoms with Crippen molar-refractivity contribution in [1.82, 2.24) is 23.8 Å². The van der Waals surface area contributed by atoms with Crippen molar-refractivity contribution in [1.29, 1.82) is 0 Å². The lowest BCUT2D eigenvalue weighted by Crippen LogP contribution is -2.46. The summed E-state index contributed by atoms with van der Waals surface area (Å²) < 4.78 is 31.6. The number of benzene rings is 1. The van der Waals surface area contributed by atoms with E-state index >= 15 is 4.39 Å². The molecule has 1 aromatic carbocycles. The number of carbonyl (C=O) groups is 2.